The third kappa shape index (κ3) is 6.72. The number of benzene rings is 2. The second-order valence-electron chi connectivity index (χ2n) is 8.53. The normalized spacial score (nSPS) is 14.7. The highest BCUT2D eigenvalue weighted by Gasteiger charge is 2.30. The van der Waals surface area contributed by atoms with E-state index in [9.17, 15) is 22.8 Å². The highest BCUT2D eigenvalue weighted by atomic mass is 19.4. The minimum absolute atomic E-state index is 0.0904. The maximum Gasteiger partial charge on any atom is 0.416 e. The molecule has 0 saturated carbocycles. The second-order valence-corrected chi connectivity index (χ2v) is 8.53. The Morgan fingerprint density at radius 2 is 1.74 bits per heavy atom. The monoisotopic (exact) mass is 477 g/mol. The molecule has 1 heterocycles. The number of hydrogen-bond donors (Lipinski definition) is 2. The Labute approximate surface area is 197 Å². The SMILES string of the molecule is COCCCNC(=O)c1cc(NC(=O)c2ccc(C(F)(F)F)cc2)ccc1N1CCC(C)CC1. The van der Waals surface area contributed by atoms with Crippen molar-refractivity contribution in [3.8, 4) is 0 Å². The maximum absolute atomic E-state index is 13.0. The van der Waals surface area contributed by atoms with Crippen LogP contribution in [0, 0.1) is 5.92 Å². The minimum Gasteiger partial charge on any atom is -0.385 e. The summed E-state index contributed by atoms with van der Waals surface area (Å²) in [5, 5.41) is 5.58. The molecule has 0 aliphatic carbocycles. The molecular weight excluding hydrogens is 447 g/mol. The van der Waals surface area contributed by atoms with Crippen LogP contribution in [0.5, 0.6) is 0 Å². The van der Waals surface area contributed by atoms with E-state index in [1.54, 1.807) is 19.2 Å². The predicted octanol–water partition coefficient (Wildman–Crippen LogP) is 4.96. The molecule has 1 aliphatic heterocycles. The summed E-state index contributed by atoms with van der Waals surface area (Å²) in [5.41, 5.74) is 0.895. The summed E-state index contributed by atoms with van der Waals surface area (Å²) in [5.74, 6) is -0.181. The molecule has 0 aromatic heterocycles. The van der Waals surface area contributed by atoms with Crippen molar-refractivity contribution >= 4 is 23.2 Å². The van der Waals surface area contributed by atoms with Gasteiger partial charge in [-0.05, 0) is 67.6 Å². The van der Waals surface area contributed by atoms with Crippen LogP contribution in [0.4, 0.5) is 24.5 Å². The molecular formula is C25H30F3N3O3. The van der Waals surface area contributed by atoms with E-state index >= 15 is 0 Å². The van der Waals surface area contributed by atoms with Crippen LogP contribution in [0.3, 0.4) is 0 Å². The lowest BCUT2D eigenvalue weighted by molar-refractivity contribution is -0.137. The Hall–Kier alpha value is -3.07. The van der Waals surface area contributed by atoms with Crippen LogP contribution >= 0.6 is 0 Å². The van der Waals surface area contributed by atoms with E-state index in [2.05, 4.69) is 22.5 Å². The summed E-state index contributed by atoms with van der Waals surface area (Å²) in [4.78, 5) is 27.8. The number of amides is 2. The molecule has 2 amide bonds. The summed E-state index contributed by atoms with van der Waals surface area (Å²) in [6.07, 6.45) is -1.74. The number of nitrogens with zero attached hydrogens (tertiary/aromatic N) is 1. The van der Waals surface area contributed by atoms with Crippen LogP contribution in [0.1, 0.15) is 52.5 Å². The lowest BCUT2D eigenvalue weighted by Gasteiger charge is -2.33. The molecule has 34 heavy (non-hydrogen) atoms. The number of ether oxygens (including phenoxy) is 1. The fraction of sp³-hybridized carbons (Fsp3) is 0.440. The molecule has 0 radical (unpaired) electrons. The number of halogens is 3. The third-order valence-electron chi connectivity index (χ3n) is 5.91. The van der Waals surface area contributed by atoms with Crippen molar-refractivity contribution in [2.24, 2.45) is 5.92 Å². The standard InChI is InChI=1S/C25H30F3N3O3/c1-17-10-13-31(14-11-17)22-9-8-20(16-21(22)24(33)29-12-3-15-34-2)30-23(32)18-4-6-19(7-5-18)25(26,27)28/h4-9,16-17H,3,10-15H2,1-2H3,(H,29,33)(H,30,32). The van der Waals surface area contributed by atoms with Crippen LogP contribution in [0.15, 0.2) is 42.5 Å². The molecule has 0 unspecified atom stereocenters. The van der Waals surface area contributed by atoms with Crippen LogP contribution in [0.25, 0.3) is 0 Å². The van der Waals surface area contributed by atoms with E-state index in [0.29, 0.717) is 36.7 Å². The molecule has 2 aromatic rings. The number of hydrogen-bond acceptors (Lipinski definition) is 4. The van der Waals surface area contributed by atoms with Crippen LogP contribution in [-0.4, -0.2) is 45.2 Å². The summed E-state index contributed by atoms with van der Waals surface area (Å²) < 4.78 is 43.4. The number of methoxy groups -OCH3 is 1. The number of rotatable bonds is 8. The van der Waals surface area contributed by atoms with E-state index in [-0.39, 0.29) is 11.5 Å². The zero-order valence-electron chi connectivity index (χ0n) is 19.4. The Morgan fingerprint density at radius 3 is 2.35 bits per heavy atom. The van der Waals surface area contributed by atoms with E-state index in [1.807, 2.05) is 6.07 Å². The zero-order valence-corrected chi connectivity index (χ0v) is 19.4. The van der Waals surface area contributed by atoms with Crippen molar-refractivity contribution in [3.63, 3.8) is 0 Å². The number of carbonyl (C=O) groups is 2. The molecule has 1 saturated heterocycles. The Bertz CT molecular complexity index is 985. The van der Waals surface area contributed by atoms with Gasteiger partial charge in [0.25, 0.3) is 11.8 Å². The molecule has 3 rings (SSSR count). The molecule has 0 atom stereocenters. The summed E-state index contributed by atoms with van der Waals surface area (Å²) in [7, 11) is 1.60. The number of nitrogens with one attached hydrogen (secondary N) is 2. The molecule has 1 fully saturated rings. The first kappa shape index (κ1) is 25.6. The highest BCUT2D eigenvalue weighted by Crippen LogP contribution is 2.30. The molecule has 1 aliphatic rings. The largest absolute Gasteiger partial charge is 0.416 e. The van der Waals surface area contributed by atoms with Gasteiger partial charge < -0.3 is 20.3 Å². The van der Waals surface area contributed by atoms with Gasteiger partial charge in [0.15, 0.2) is 0 Å². The highest BCUT2D eigenvalue weighted by molar-refractivity contribution is 6.06. The Morgan fingerprint density at radius 1 is 1.06 bits per heavy atom. The van der Waals surface area contributed by atoms with Gasteiger partial charge >= 0.3 is 6.18 Å². The van der Waals surface area contributed by atoms with Crippen LogP contribution < -0.4 is 15.5 Å². The van der Waals surface area contributed by atoms with Crippen LogP contribution in [0.2, 0.25) is 0 Å². The molecule has 2 N–H and O–H groups in total. The topological polar surface area (TPSA) is 70.7 Å². The predicted molar refractivity (Wildman–Crippen MR) is 125 cm³/mol. The van der Waals surface area contributed by atoms with Gasteiger partial charge in [-0.15, -0.1) is 0 Å². The van der Waals surface area contributed by atoms with Gasteiger partial charge in [0.05, 0.1) is 11.1 Å². The van der Waals surface area contributed by atoms with Crippen molar-refractivity contribution in [1.29, 1.82) is 0 Å². The van der Waals surface area contributed by atoms with E-state index in [1.165, 1.54) is 0 Å². The lowest BCUT2D eigenvalue weighted by atomic mass is 9.97. The van der Waals surface area contributed by atoms with Crippen molar-refractivity contribution in [1.82, 2.24) is 5.32 Å². The first-order chi connectivity index (χ1) is 16.2. The first-order valence-electron chi connectivity index (χ1n) is 11.3. The molecule has 2 aromatic carbocycles. The smallest absolute Gasteiger partial charge is 0.385 e. The molecule has 0 spiro atoms. The summed E-state index contributed by atoms with van der Waals surface area (Å²) in [6, 6.07) is 9.12. The third-order valence-corrected chi connectivity index (χ3v) is 5.91. The number of anilines is 2. The van der Waals surface area contributed by atoms with Crippen molar-refractivity contribution in [2.45, 2.75) is 32.4 Å². The maximum atomic E-state index is 13.0. The van der Waals surface area contributed by atoms with E-state index < -0.39 is 17.6 Å². The van der Waals surface area contributed by atoms with Gasteiger partial charge in [0, 0.05) is 50.3 Å². The zero-order chi connectivity index (χ0) is 24.7. The Balaban J connectivity index is 1.79. The lowest BCUT2D eigenvalue weighted by Crippen LogP contribution is -2.35. The van der Waals surface area contributed by atoms with Gasteiger partial charge in [0.2, 0.25) is 0 Å². The van der Waals surface area contributed by atoms with Gasteiger partial charge in [-0.25, -0.2) is 0 Å². The quantitative estimate of drug-likeness (QED) is 0.528. The van der Waals surface area contributed by atoms with E-state index in [0.717, 1.165) is 55.9 Å². The molecule has 6 nitrogen and oxygen atoms in total. The molecule has 184 valence electrons. The molecule has 9 heteroatoms. The van der Waals surface area contributed by atoms with Gasteiger partial charge in [-0.3, -0.25) is 9.59 Å². The number of carbonyl (C=O) groups excluding carboxylic acids is 2. The van der Waals surface area contributed by atoms with Crippen molar-refractivity contribution < 1.29 is 27.5 Å². The van der Waals surface area contributed by atoms with Crippen molar-refractivity contribution in [2.75, 3.05) is 43.6 Å². The first-order valence-corrected chi connectivity index (χ1v) is 11.3. The fourth-order valence-electron chi connectivity index (χ4n) is 3.85. The average molecular weight is 478 g/mol. The average Bonchev–Trinajstić information content (AvgIpc) is 2.82. The van der Waals surface area contributed by atoms with E-state index in [4.69, 9.17) is 4.74 Å². The summed E-state index contributed by atoms with van der Waals surface area (Å²) >= 11 is 0. The number of alkyl halides is 3. The fourth-order valence-corrected chi connectivity index (χ4v) is 3.85. The number of piperidine rings is 1. The Kier molecular flexibility index (Phi) is 8.55. The van der Waals surface area contributed by atoms with Crippen molar-refractivity contribution in [3.05, 3.63) is 59.2 Å². The minimum atomic E-state index is -4.47. The van der Waals surface area contributed by atoms with Gasteiger partial charge in [0.1, 0.15) is 0 Å². The second kappa shape index (κ2) is 11.4. The van der Waals surface area contributed by atoms with Crippen LogP contribution in [-0.2, 0) is 10.9 Å². The van der Waals surface area contributed by atoms with Gasteiger partial charge in [-0.2, -0.15) is 13.2 Å². The van der Waals surface area contributed by atoms with Gasteiger partial charge in [-0.1, -0.05) is 6.92 Å². The molecule has 0 bridgehead atoms. The summed E-state index contributed by atoms with van der Waals surface area (Å²) in [6.45, 7) is 4.86.